The number of likely N-dealkylation sites (tertiary alicyclic amines) is 1. The van der Waals surface area contributed by atoms with Crippen molar-refractivity contribution < 1.29 is 13.9 Å². The molecule has 7 heteroatoms. The molecule has 0 aromatic heterocycles. The van der Waals surface area contributed by atoms with Crippen LogP contribution in [0, 0.1) is 5.82 Å². The summed E-state index contributed by atoms with van der Waals surface area (Å²) in [5.74, 6) is 0.204. The number of nitrogens with zero attached hydrogens (tertiary/aromatic N) is 1. The predicted molar refractivity (Wildman–Crippen MR) is 116 cm³/mol. The Morgan fingerprint density at radius 3 is 2.28 bits per heavy atom. The highest BCUT2D eigenvalue weighted by Crippen LogP contribution is 2.24. The molecule has 0 bridgehead atoms. The third kappa shape index (κ3) is 6.70. The van der Waals surface area contributed by atoms with Crippen LogP contribution in [0.15, 0.2) is 48.5 Å². The summed E-state index contributed by atoms with van der Waals surface area (Å²) in [4.78, 5) is 14.5. The van der Waals surface area contributed by atoms with Crippen molar-refractivity contribution in [2.24, 2.45) is 5.73 Å². The molecule has 1 heterocycles. The van der Waals surface area contributed by atoms with Crippen molar-refractivity contribution in [2.75, 3.05) is 18.4 Å². The van der Waals surface area contributed by atoms with Crippen LogP contribution in [0.4, 0.5) is 14.9 Å². The zero-order valence-corrected chi connectivity index (χ0v) is 17.7. The van der Waals surface area contributed by atoms with Gasteiger partial charge in [-0.15, -0.1) is 12.4 Å². The maximum absolute atomic E-state index is 13.0. The van der Waals surface area contributed by atoms with Gasteiger partial charge in [0.1, 0.15) is 5.82 Å². The van der Waals surface area contributed by atoms with Crippen molar-refractivity contribution >= 4 is 24.2 Å². The highest BCUT2D eigenvalue weighted by Gasteiger charge is 2.34. The number of amides is 1. The van der Waals surface area contributed by atoms with E-state index in [9.17, 15) is 9.18 Å². The van der Waals surface area contributed by atoms with Gasteiger partial charge >= 0.3 is 6.09 Å². The summed E-state index contributed by atoms with van der Waals surface area (Å²) in [5.41, 5.74) is 8.27. The van der Waals surface area contributed by atoms with Crippen LogP contribution in [0.2, 0.25) is 0 Å². The lowest BCUT2D eigenvalue weighted by Gasteiger charge is -2.38. The molecule has 1 aliphatic rings. The lowest BCUT2D eigenvalue weighted by atomic mass is 10.0. The van der Waals surface area contributed by atoms with E-state index in [4.69, 9.17) is 10.5 Å². The summed E-state index contributed by atoms with van der Waals surface area (Å²) >= 11 is 0. The Morgan fingerprint density at radius 1 is 1.14 bits per heavy atom. The fraction of sp³-hybridized carbons (Fsp3) is 0.409. The summed E-state index contributed by atoms with van der Waals surface area (Å²) in [6.45, 7) is 6.40. The van der Waals surface area contributed by atoms with Crippen LogP contribution in [-0.4, -0.2) is 29.8 Å². The standard InChI is InChI=1S/C22H28FN3O2.ClH/c1-16(2)18-5-9-20(10-6-18)25-21(27)28-22(24)11-13-26(14-12-22)15-17-3-7-19(23)8-4-17;/h3-10,16H,11-15,24H2,1-2H3,(H,25,27);1H. The molecule has 3 rings (SSSR count). The molecule has 1 saturated heterocycles. The molecular formula is C22H29ClFN3O2. The number of benzene rings is 2. The van der Waals surface area contributed by atoms with Crippen LogP contribution in [-0.2, 0) is 11.3 Å². The number of anilines is 1. The molecule has 0 saturated carbocycles. The zero-order valence-electron chi connectivity index (χ0n) is 16.9. The van der Waals surface area contributed by atoms with Crippen molar-refractivity contribution in [3.63, 3.8) is 0 Å². The minimum atomic E-state index is -0.971. The van der Waals surface area contributed by atoms with Crippen LogP contribution in [0.3, 0.4) is 0 Å². The summed E-state index contributed by atoms with van der Waals surface area (Å²) in [6, 6.07) is 14.2. The van der Waals surface area contributed by atoms with Gasteiger partial charge < -0.3 is 4.74 Å². The number of nitrogens with one attached hydrogen (secondary N) is 1. The Labute approximate surface area is 177 Å². The van der Waals surface area contributed by atoms with Gasteiger partial charge in [-0.3, -0.25) is 16.0 Å². The topological polar surface area (TPSA) is 67.6 Å². The summed E-state index contributed by atoms with van der Waals surface area (Å²) < 4.78 is 18.5. The van der Waals surface area contributed by atoms with Gasteiger partial charge in [-0.2, -0.15) is 0 Å². The predicted octanol–water partition coefficient (Wildman–Crippen LogP) is 4.87. The molecule has 1 amide bonds. The molecule has 1 aliphatic heterocycles. The number of carbonyl (C=O) groups is 1. The van der Waals surface area contributed by atoms with E-state index in [1.807, 2.05) is 24.3 Å². The number of halogens is 2. The number of hydrogen-bond donors (Lipinski definition) is 2. The Kier molecular flexibility index (Phi) is 8.02. The average Bonchev–Trinajstić information content (AvgIpc) is 2.66. The smallest absolute Gasteiger partial charge is 0.413 e. The Hall–Kier alpha value is -2.15. The van der Waals surface area contributed by atoms with Gasteiger partial charge in [0.15, 0.2) is 5.72 Å². The van der Waals surface area contributed by atoms with E-state index < -0.39 is 11.8 Å². The Balaban J connectivity index is 0.00000300. The average molecular weight is 422 g/mol. The van der Waals surface area contributed by atoms with Crippen molar-refractivity contribution in [1.82, 2.24) is 4.90 Å². The lowest BCUT2D eigenvalue weighted by Crippen LogP contribution is -2.53. The maximum atomic E-state index is 13.0. The second-order valence-corrected chi connectivity index (χ2v) is 7.76. The molecule has 0 radical (unpaired) electrons. The molecule has 2 aromatic rings. The second kappa shape index (κ2) is 10.1. The largest absolute Gasteiger partial charge is 0.428 e. The highest BCUT2D eigenvalue weighted by molar-refractivity contribution is 5.85. The number of piperidine rings is 1. The minimum Gasteiger partial charge on any atom is -0.428 e. The van der Waals surface area contributed by atoms with Gasteiger partial charge in [0.2, 0.25) is 0 Å². The molecule has 3 N–H and O–H groups in total. The van der Waals surface area contributed by atoms with Gasteiger partial charge in [0.05, 0.1) is 0 Å². The number of hydrogen-bond acceptors (Lipinski definition) is 4. The van der Waals surface area contributed by atoms with Gasteiger partial charge in [0, 0.05) is 38.2 Å². The molecule has 1 fully saturated rings. The van der Waals surface area contributed by atoms with Crippen molar-refractivity contribution in [3.05, 3.63) is 65.5 Å². The van der Waals surface area contributed by atoms with Gasteiger partial charge in [-0.05, 0) is 41.3 Å². The first kappa shape index (κ1) is 23.1. The summed E-state index contributed by atoms with van der Waals surface area (Å²) in [6.07, 6.45) is 0.564. The van der Waals surface area contributed by atoms with Crippen LogP contribution in [0.25, 0.3) is 0 Å². The molecule has 0 unspecified atom stereocenters. The van der Waals surface area contributed by atoms with Crippen molar-refractivity contribution in [2.45, 2.75) is 44.9 Å². The summed E-state index contributed by atoms with van der Waals surface area (Å²) in [5, 5.41) is 2.75. The van der Waals surface area contributed by atoms with E-state index in [2.05, 4.69) is 24.1 Å². The SMILES string of the molecule is CC(C)c1ccc(NC(=O)OC2(N)CCN(Cc3ccc(F)cc3)CC2)cc1.Cl. The van der Waals surface area contributed by atoms with E-state index in [1.54, 1.807) is 12.1 Å². The lowest BCUT2D eigenvalue weighted by molar-refractivity contribution is -0.0269. The Bertz CT molecular complexity index is 789. The fourth-order valence-corrected chi connectivity index (χ4v) is 3.32. The molecule has 0 spiro atoms. The molecule has 29 heavy (non-hydrogen) atoms. The number of carbonyl (C=O) groups excluding carboxylic acids is 1. The Morgan fingerprint density at radius 2 is 1.72 bits per heavy atom. The van der Waals surface area contributed by atoms with E-state index in [1.165, 1.54) is 17.7 Å². The maximum Gasteiger partial charge on any atom is 0.413 e. The first-order valence-electron chi connectivity index (χ1n) is 9.69. The first-order chi connectivity index (χ1) is 13.3. The third-order valence-electron chi connectivity index (χ3n) is 5.14. The number of ether oxygens (including phenoxy) is 1. The molecular weight excluding hydrogens is 393 g/mol. The normalized spacial score (nSPS) is 16.2. The fourth-order valence-electron chi connectivity index (χ4n) is 3.32. The molecule has 2 aromatic carbocycles. The van der Waals surface area contributed by atoms with E-state index in [-0.39, 0.29) is 18.2 Å². The highest BCUT2D eigenvalue weighted by atomic mass is 35.5. The third-order valence-corrected chi connectivity index (χ3v) is 5.14. The van der Waals surface area contributed by atoms with Crippen LogP contribution in [0.1, 0.15) is 43.7 Å². The minimum absolute atomic E-state index is 0. The first-order valence-corrected chi connectivity index (χ1v) is 9.69. The number of rotatable bonds is 5. The quantitative estimate of drug-likeness (QED) is 0.676. The second-order valence-electron chi connectivity index (χ2n) is 7.76. The van der Waals surface area contributed by atoms with E-state index in [0.717, 1.165) is 12.1 Å². The molecule has 158 valence electrons. The monoisotopic (exact) mass is 421 g/mol. The molecule has 0 atom stereocenters. The van der Waals surface area contributed by atoms with Crippen molar-refractivity contribution in [1.29, 1.82) is 0 Å². The van der Waals surface area contributed by atoms with Gasteiger partial charge in [0.25, 0.3) is 0 Å². The van der Waals surface area contributed by atoms with Crippen LogP contribution in [0.5, 0.6) is 0 Å². The van der Waals surface area contributed by atoms with Crippen LogP contribution < -0.4 is 11.1 Å². The number of nitrogens with two attached hydrogens (primary N) is 1. The van der Waals surface area contributed by atoms with Crippen molar-refractivity contribution in [3.8, 4) is 0 Å². The summed E-state index contributed by atoms with van der Waals surface area (Å²) in [7, 11) is 0. The van der Waals surface area contributed by atoms with Crippen LogP contribution >= 0.6 is 12.4 Å². The zero-order chi connectivity index (χ0) is 20.1. The van der Waals surface area contributed by atoms with E-state index >= 15 is 0 Å². The van der Waals surface area contributed by atoms with Gasteiger partial charge in [-0.1, -0.05) is 38.1 Å². The molecule has 5 nitrogen and oxygen atoms in total. The van der Waals surface area contributed by atoms with Gasteiger partial charge in [-0.25, -0.2) is 9.18 Å². The van der Waals surface area contributed by atoms with E-state index in [0.29, 0.717) is 37.5 Å². The molecule has 0 aliphatic carbocycles.